The van der Waals surface area contributed by atoms with Gasteiger partial charge in [0.05, 0.1) is 34.6 Å². The molecule has 8 heteroatoms. The summed E-state index contributed by atoms with van der Waals surface area (Å²) in [4.78, 5) is 16.0. The number of anilines is 2. The third-order valence-electron chi connectivity index (χ3n) is 3.87. The van der Waals surface area contributed by atoms with Gasteiger partial charge in [-0.1, -0.05) is 0 Å². The number of nitrogens with one attached hydrogen (secondary N) is 3. The Morgan fingerprint density at radius 3 is 2.59 bits per heavy atom. The molecule has 0 amide bonds. The molecule has 0 unspecified atom stereocenters. The van der Waals surface area contributed by atoms with Crippen molar-refractivity contribution in [3.63, 3.8) is 0 Å². The lowest BCUT2D eigenvalue weighted by Crippen LogP contribution is -2.18. The predicted octanol–water partition coefficient (Wildman–Crippen LogP) is 2.52. The Kier molecular flexibility index (Phi) is 6.33. The zero-order chi connectivity index (χ0) is 20.1. The number of allylic oxidation sites excluding steroid dienone is 2. The molecule has 5 N–H and O–H groups in total. The Bertz CT molecular complexity index is 876. The van der Waals surface area contributed by atoms with Crippen molar-refractivity contribution >= 4 is 28.9 Å². The fourth-order valence-electron chi connectivity index (χ4n) is 2.64. The number of rotatable bonds is 8. The predicted molar refractivity (Wildman–Crippen MR) is 109 cm³/mol. The van der Waals surface area contributed by atoms with Crippen molar-refractivity contribution in [2.45, 2.75) is 40.3 Å². The van der Waals surface area contributed by atoms with Crippen LogP contribution >= 0.6 is 0 Å². The molecule has 0 fully saturated rings. The van der Waals surface area contributed by atoms with E-state index in [1.165, 1.54) is 0 Å². The first kappa shape index (κ1) is 20.2. The smallest absolute Gasteiger partial charge is 0.153 e. The van der Waals surface area contributed by atoms with Crippen LogP contribution in [0.3, 0.4) is 0 Å². The maximum Gasteiger partial charge on any atom is 0.153 e. The van der Waals surface area contributed by atoms with E-state index in [2.05, 4.69) is 20.7 Å². The third-order valence-corrected chi connectivity index (χ3v) is 3.87. The fourth-order valence-corrected chi connectivity index (χ4v) is 2.64. The summed E-state index contributed by atoms with van der Waals surface area (Å²) in [6.45, 7) is 7.90. The van der Waals surface area contributed by atoms with Crippen molar-refractivity contribution < 1.29 is 4.79 Å². The van der Waals surface area contributed by atoms with Crippen LogP contribution in [0.2, 0.25) is 0 Å². The van der Waals surface area contributed by atoms with E-state index >= 15 is 0 Å². The van der Waals surface area contributed by atoms with Crippen molar-refractivity contribution in [1.29, 1.82) is 5.41 Å². The molecule has 0 aromatic carbocycles. The maximum absolute atomic E-state index is 11.5. The zero-order valence-electron chi connectivity index (χ0n) is 16.4. The molecule has 0 saturated carbocycles. The van der Waals surface area contributed by atoms with Gasteiger partial charge in [-0.15, -0.1) is 0 Å². The minimum Gasteiger partial charge on any atom is -0.402 e. The highest BCUT2D eigenvalue weighted by molar-refractivity contribution is 6.09. The highest BCUT2D eigenvalue weighted by Crippen LogP contribution is 2.30. The van der Waals surface area contributed by atoms with Gasteiger partial charge < -0.3 is 21.8 Å². The van der Waals surface area contributed by atoms with Crippen molar-refractivity contribution in [3.05, 3.63) is 41.1 Å². The van der Waals surface area contributed by atoms with E-state index < -0.39 is 0 Å². The summed E-state index contributed by atoms with van der Waals surface area (Å²) in [6, 6.07) is 1.93. The molecule has 0 aliphatic rings. The van der Waals surface area contributed by atoms with Crippen LogP contribution in [0.25, 0.3) is 5.57 Å². The molecule has 0 aliphatic carbocycles. The first-order chi connectivity index (χ1) is 12.7. The van der Waals surface area contributed by atoms with Gasteiger partial charge in [0.2, 0.25) is 0 Å². The molecule has 0 bridgehead atoms. The molecule has 8 nitrogen and oxygen atoms in total. The summed E-state index contributed by atoms with van der Waals surface area (Å²) in [7, 11) is 1.86. The topological polar surface area (TPSA) is 122 Å². The second kappa shape index (κ2) is 8.48. The van der Waals surface area contributed by atoms with Crippen LogP contribution in [0.1, 0.15) is 44.6 Å². The number of nitrogens with two attached hydrogens (primary N) is 1. The van der Waals surface area contributed by atoms with E-state index in [0.29, 0.717) is 41.2 Å². The van der Waals surface area contributed by atoms with Crippen LogP contribution in [0.15, 0.2) is 24.2 Å². The summed E-state index contributed by atoms with van der Waals surface area (Å²) in [5.41, 5.74) is 10.3. The highest BCUT2D eigenvalue weighted by atomic mass is 16.1. The first-order valence-corrected chi connectivity index (χ1v) is 8.73. The van der Waals surface area contributed by atoms with Crippen LogP contribution in [-0.2, 0) is 18.4 Å². The number of hydrogen-bond donors (Lipinski definition) is 4. The number of nitrogens with zero attached hydrogens (tertiary/aromatic N) is 3. The third kappa shape index (κ3) is 4.93. The van der Waals surface area contributed by atoms with Gasteiger partial charge in [0.15, 0.2) is 6.29 Å². The van der Waals surface area contributed by atoms with Crippen LogP contribution < -0.4 is 16.4 Å². The molecule has 2 aromatic heterocycles. The number of aromatic nitrogens is 3. The lowest BCUT2D eigenvalue weighted by molar-refractivity contribution is -0.103. The van der Waals surface area contributed by atoms with E-state index in [0.717, 1.165) is 16.9 Å². The molecule has 0 radical (unpaired) electrons. The van der Waals surface area contributed by atoms with E-state index in [1.54, 1.807) is 30.8 Å². The van der Waals surface area contributed by atoms with Gasteiger partial charge in [-0.3, -0.25) is 9.48 Å². The quantitative estimate of drug-likeness (QED) is 0.322. The normalized spacial score (nSPS) is 11.9. The second-order valence-electron chi connectivity index (χ2n) is 6.79. The number of aryl methyl sites for hydroxylation is 1. The van der Waals surface area contributed by atoms with Gasteiger partial charge in [0.25, 0.3) is 0 Å². The molecular weight excluding hydrogens is 342 g/mol. The molecule has 2 rings (SSSR count). The molecule has 0 aliphatic heterocycles. The maximum atomic E-state index is 11.5. The highest BCUT2D eigenvalue weighted by Gasteiger charge is 2.18. The number of carbonyl (C=O) groups excluding carboxylic acids is 1. The minimum atomic E-state index is 0.145. The zero-order valence-corrected chi connectivity index (χ0v) is 16.4. The molecule has 0 spiro atoms. The Morgan fingerprint density at radius 1 is 1.41 bits per heavy atom. The number of pyridine rings is 1. The summed E-state index contributed by atoms with van der Waals surface area (Å²) < 4.78 is 1.74. The first-order valence-electron chi connectivity index (χ1n) is 8.73. The van der Waals surface area contributed by atoms with Crippen LogP contribution in [0, 0.1) is 5.41 Å². The van der Waals surface area contributed by atoms with Crippen molar-refractivity contribution in [2.24, 2.45) is 12.8 Å². The fraction of sp³-hybridized carbons (Fsp3) is 0.368. The largest absolute Gasteiger partial charge is 0.402 e. The van der Waals surface area contributed by atoms with Gasteiger partial charge in [-0.05, 0) is 33.8 Å². The molecule has 2 aromatic rings. The van der Waals surface area contributed by atoms with E-state index in [1.807, 2.05) is 27.1 Å². The van der Waals surface area contributed by atoms with Crippen LogP contribution in [-0.4, -0.2) is 32.8 Å². The van der Waals surface area contributed by atoms with Crippen LogP contribution in [0.4, 0.5) is 11.4 Å². The number of carbonyl (C=O) groups is 1. The monoisotopic (exact) mass is 369 g/mol. The van der Waals surface area contributed by atoms with Crippen LogP contribution in [0.5, 0.6) is 0 Å². The molecule has 2 heterocycles. The average Bonchev–Trinajstić information content (AvgIpc) is 2.99. The Hall–Kier alpha value is -3.16. The van der Waals surface area contributed by atoms with Crippen molar-refractivity contribution in [3.8, 4) is 0 Å². The van der Waals surface area contributed by atoms with Gasteiger partial charge in [-0.25, -0.2) is 4.98 Å². The molecule has 0 atom stereocenters. The van der Waals surface area contributed by atoms with Gasteiger partial charge in [0, 0.05) is 37.1 Å². The lowest BCUT2D eigenvalue weighted by atomic mass is 10.1. The van der Waals surface area contributed by atoms with E-state index in [4.69, 9.17) is 11.1 Å². The Morgan fingerprint density at radius 2 is 2.11 bits per heavy atom. The summed E-state index contributed by atoms with van der Waals surface area (Å²) in [6.07, 6.45) is 4.41. The Labute approximate surface area is 159 Å². The molecule has 144 valence electrons. The number of hydrogen-bond acceptors (Lipinski definition) is 7. The average molecular weight is 369 g/mol. The molecular formula is C19H27N7O. The summed E-state index contributed by atoms with van der Waals surface area (Å²) in [5.74, 6) is 0. The standard InChI is InChI=1S/C19H27N7O/c1-11(2)24-19-17(22-7-14-8-23-26(5)9-14)6-16(15(10-27)12(3)20)25-18(19)13(4)21/h6,8-11,21,24H,7,20H2,1-5H3,(H,22,25)/b15-12+,21-13?. The van der Waals surface area contributed by atoms with Gasteiger partial charge in [-0.2, -0.15) is 5.10 Å². The second-order valence-corrected chi connectivity index (χ2v) is 6.79. The Balaban J connectivity index is 2.57. The van der Waals surface area contributed by atoms with Gasteiger partial charge >= 0.3 is 0 Å². The molecule has 0 saturated heterocycles. The van der Waals surface area contributed by atoms with Crippen molar-refractivity contribution in [1.82, 2.24) is 14.8 Å². The molecule has 27 heavy (non-hydrogen) atoms. The van der Waals surface area contributed by atoms with E-state index in [9.17, 15) is 4.79 Å². The van der Waals surface area contributed by atoms with Crippen molar-refractivity contribution in [2.75, 3.05) is 10.6 Å². The van der Waals surface area contributed by atoms with Gasteiger partial charge in [0.1, 0.15) is 5.69 Å². The minimum absolute atomic E-state index is 0.145. The van der Waals surface area contributed by atoms with E-state index in [-0.39, 0.29) is 6.04 Å². The summed E-state index contributed by atoms with van der Waals surface area (Å²) >= 11 is 0. The summed E-state index contributed by atoms with van der Waals surface area (Å²) in [5, 5.41) is 19.0. The lowest BCUT2D eigenvalue weighted by Gasteiger charge is -2.20. The number of aldehydes is 1. The SMILES string of the molecule is CC(=N)c1nc(/C(C=O)=C(\C)N)cc(NCc2cnn(C)c2)c1NC(C)C.